The Morgan fingerprint density at radius 3 is 2.67 bits per heavy atom. The Bertz CT molecular complexity index is 1070. The number of alkyl halides is 3. The van der Waals surface area contributed by atoms with Gasteiger partial charge in [-0.1, -0.05) is 23.4 Å². The van der Waals surface area contributed by atoms with E-state index < -0.39 is 11.7 Å². The van der Waals surface area contributed by atoms with E-state index in [1.54, 1.807) is 31.1 Å². The largest absolute Gasteiger partial charge is 0.487 e. The van der Waals surface area contributed by atoms with Gasteiger partial charge in [-0.2, -0.15) is 13.2 Å². The van der Waals surface area contributed by atoms with E-state index in [0.717, 1.165) is 6.07 Å². The van der Waals surface area contributed by atoms with Crippen molar-refractivity contribution in [2.24, 2.45) is 0 Å². The molecule has 0 bridgehead atoms. The van der Waals surface area contributed by atoms with Crippen molar-refractivity contribution in [3.63, 3.8) is 0 Å². The number of rotatable bonds is 4. The third kappa shape index (κ3) is 3.76. The van der Waals surface area contributed by atoms with Gasteiger partial charge in [-0.25, -0.2) is 4.98 Å². The molecule has 3 aromatic heterocycles. The quantitative estimate of drug-likeness (QED) is 0.579. The average molecular weight is 439 g/mol. The number of amides is 1. The summed E-state index contributed by atoms with van der Waals surface area (Å²) < 4.78 is 51.4. The molecule has 1 saturated heterocycles. The lowest BCUT2D eigenvalue weighted by Gasteiger charge is -2.31. The van der Waals surface area contributed by atoms with Crippen LogP contribution in [-0.4, -0.2) is 41.1 Å². The van der Waals surface area contributed by atoms with Crippen LogP contribution < -0.4 is 4.74 Å². The fourth-order valence-corrected chi connectivity index (χ4v) is 4.55. The summed E-state index contributed by atoms with van der Waals surface area (Å²) in [4.78, 5) is 19.1. The van der Waals surface area contributed by atoms with Gasteiger partial charge in [0.15, 0.2) is 5.06 Å². The molecule has 6 nitrogen and oxygen atoms in total. The van der Waals surface area contributed by atoms with Crippen LogP contribution in [0.4, 0.5) is 13.2 Å². The first kappa shape index (κ1) is 20.6. The maximum Gasteiger partial charge on any atom is 0.417 e. The summed E-state index contributed by atoms with van der Waals surface area (Å²) >= 11 is 1.27. The summed E-state index contributed by atoms with van der Waals surface area (Å²) in [6.07, 6.45) is -3.16. The van der Waals surface area contributed by atoms with Crippen molar-refractivity contribution in [2.75, 3.05) is 20.2 Å². The van der Waals surface area contributed by atoms with Gasteiger partial charge in [-0.15, -0.1) is 0 Å². The Labute approximate surface area is 174 Å². The van der Waals surface area contributed by atoms with Crippen LogP contribution in [0, 0.1) is 0 Å². The number of hydrogen-bond acceptors (Lipinski definition) is 6. The van der Waals surface area contributed by atoms with Gasteiger partial charge in [0.2, 0.25) is 0 Å². The van der Waals surface area contributed by atoms with E-state index in [0.29, 0.717) is 48.0 Å². The molecule has 4 heterocycles. The lowest BCUT2D eigenvalue weighted by molar-refractivity contribution is -0.136. The first-order valence-corrected chi connectivity index (χ1v) is 10.4. The van der Waals surface area contributed by atoms with Crippen molar-refractivity contribution in [3.05, 3.63) is 40.0 Å². The molecule has 3 aromatic rings. The summed E-state index contributed by atoms with van der Waals surface area (Å²) in [6.45, 7) is 2.60. The summed E-state index contributed by atoms with van der Waals surface area (Å²) in [6, 6.07) is 4.53. The van der Waals surface area contributed by atoms with Crippen molar-refractivity contribution in [1.82, 2.24) is 15.0 Å². The number of aromatic nitrogens is 2. The highest BCUT2D eigenvalue weighted by Crippen LogP contribution is 2.40. The molecule has 1 fully saturated rings. The van der Waals surface area contributed by atoms with Crippen LogP contribution in [0.2, 0.25) is 0 Å². The molecule has 0 unspecified atom stereocenters. The number of ether oxygens (including phenoxy) is 1. The topological polar surface area (TPSA) is 68.5 Å². The summed E-state index contributed by atoms with van der Waals surface area (Å²) in [5, 5.41) is 4.55. The first-order chi connectivity index (χ1) is 14.3. The highest BCUT2D eigenvalue weighted by Gasteiger charge is 2.38. The molecule has 0 saturated carbocycles. The number of likely N-dealkylation sites (tertiary alicyclic amines) is 1. The van der Waals surface area contributed by atoms with Gasteiger partial charge in [0.25, 0.3) is 11.6 Å². The number of aryl methyl sites for hydroxylation is 1. The van der Waals surface area contributed by atoms with E-state index in [1.165, 1.54) is 11.3 Å². The Hall–Kier alpha value is -2.62. The van der Waals surface area contributed by atoms with E-state index in [2.05, 4.69) is 10.1 Å². The number of nitrogens with zero attached hydrogens (tertiary/aromatic N) is 3. The molecular weight excluding hydrogens is 419 g/mol. The fraction of sp³-hybridized carbons (Fsp3) is 0.450. The van der Waals surface area contributed by atoms with Gasteiger partial charge in [-0.05, 0) is 37.5 Å². The normalized spacial score (nSPS) is 15.7. The van der Waals surface area contributed by atoms with E-state index in [1.807, 2.05) is 0 Å². The van der Waals surface area contributed by atoms with Crippen LogP contribution in [0.15, 0.2) is 22.7 Å². The molecule has 0 spiro atoms. The smallest absolute Gasteiger partial charge is 0.417 e. The zero-order chi connectivity index (χ0) is 21.5. The molecule has 30 heavy (non-hydrogen) atoms. The number of piperidine rings is 1. The molecule has 0 radical (unpaired) electrons. The van der Waals surface area contributed by atoms with Gasteiger partial charge in [0, 0.05) is 24.7 Å². The molecule has 0 aliphatic carbocycles. The number of methoxy groups -OCH3 is 1. The fourth-order valence-electron chi connectivity index (χ4n) is 3.76. The second kappa shape index (κ2) is 7.90. The van der Waals surface area contributed by atoms with Crippen LogP contribution in [0.3, 0.4) is 0 Å². The molecule has 160 valence electrons. The zero-order valence-electron chi connectivity index (χ0n) is 16.5. The highest BCUT2D eigenvalue weighted by molar-refractivity contribution is 7.15. The number of carbonyl (C=O) groups is 1. The minimum atomic E-state index is -4.53. The van der Waals surface area contributed by atoms with Crippen LogP contribution in [0.1, 0.15) is 52.3 Å². The molecule has 0 aromatic carbocycles. The molecule has 0 atom stereocenters. The molecule has 0 N–H and O–H groups in total. The van der Waals surface area contributed by atoms with Gasteiger partial charge in [0.1, 0.15) is 0 Å². The van der Waals surface area contributed by atoms with Crippen molar-refractivity contribution in [1.29, 1.82) is 0 Å². The zero-order valence-corrected chi connectivity index (χ0v) is 17.3. The van der Waals surface area contributed by atoms with Crippen molar-refractivity contribution >= 4 is 28.3 Å². The Balaban J connectivity index is 1.57. The number of pyridine rings is 1. The van der Waals surface area contributed by atoms with Crippen molar-refractivity contribution < 1.29 is 27.2 Å². The second-order valence-electron chi connectivity index (χ2n) is 7.15. The van der Waals surface area contributed by atoms with Crippen LogP contribution >= 0.6 is 11.3 Å². The lowest BCUT2D eigenvalue weighted by atomic mass is 9.90. The van der Waals surface area contributed by atoms with Crippen molar-refractivity contribution in [3.8, 4) is 5.06 Å². The molecule has 10 heteroatoms. The molecule has 1 aliphatic heterocycles. The summed E-state index contributed by atoms with van der Waals surface area (Å²) in [5.74, 6) is -0.333. The first-order valence-electron chi connectivity index (χ1n) is 9.61. The SMILES string of the molecule is CCc1cc(C(F)(F)F)c2c(C3CCN(C(=O)c4ccc(OC)s4)CC3)noc2n1. The van der Waals surface area contributed by atoms with Crippen LogP contribution in [0.25, 0.3) is 11.1 Å². The predicted molar refractivity (Wildman–Crippen MR) is 105 cm³/mol. The third-order valence-electron chi connectivity index (χ3n) is 5.36. The van der Waals surface area contributed by atoms with Crippen molar-refractivity contribution in [2.45, 2.75) is 38.3 Å². The van der Waals surface area contributed by atoms with Gasteiger partial charge in [0.05, 0.1) is 28.6 Å². The maximum absolute atomic E-state index is 13.7. The number of carbonyl (C=O) groups excluding carboxylic acids is 1. The van der Waals surface area contributed by atoms with E-state index in [-0.39, 0.29) is 28.6 Å². The Kier molecular flexibility index (Phi) is 5.44. The number of halogens is 3. The number of thiophene rings is 1. The van der Waals surface area contributed by atoms with E-state index in [9.17, 15) is 18.0 Å². The summed E-state index contributed by atoms with van der Waals surface area (Å²) in [7, 11) is 1.54. The van der Waals surface area contributed by atoms with Gasteiger partial charge < -0.3 is 14.2 Å². The molecule has 1 aliphatic rings. The monoisotopic (exact) mass is 439 g/mol. The van der Waals surface area contributed by atoms with Gasteiger partial charge in [-0.3, -0.25) is 4.79 Å². The van der Waals surface area contributed by atoms with E-state index >= 15 is 0 Å². The van der Waals surface area contributed by atoms with Gasteiger partial charge >= 0.3 is 6.18 Å². The highest BCUT2D eigenvalue weighted by atomic mass is 32.1. The molecule has 4 rings (SSSR count). The minimum Gasteiger partial charge on any atom is -0.487 e. The second-order valence-corrected chi connectivity index (χ2v) is 8.20. The average Bonchev–Trinajstić information content (AvgIpc) is 3.39. The molecule has 1 amide bonds. The third-order valence-corrected chi connectivity index (χ3v) is 6.39. The Morgan fingerprint density at radius 2 is 2.07 bits per heavy atom. The minimum absolute atomic E-state index is 0.0625. The maximum atomic E-state index is 13.7. The van der Waals surface area contributed by atoms with E-state index in [4.69, 9.17) is 9.26 Å². The standard InChI is InChI=1S/C20H20F3N3O3S/c1-3-12-10-13(20(21,22)23)16-17(25-29-18(16)24-12)11-6-8-26(9-7-11)19(27)14-4-5-15(28-2)30-14/h4-5,10-11H,3,6-9H2,1-2H3. The molecular formula is C20H20F3N3O3S. The predicted octanol–water partition coefficient (Wildman–Crippen LogP) is 4.89. The summed E-state index contributed by atoms with van der Waals surface area (Å²) in [5.41, 5.74) is -0.257. The lowest BCUT2D eigenvalue weighted by Crippen LogP contribution is -2.37. The van der Waals surface area contributed by atoms with Crippen LogP contribution in [0.5, 0.6) is 5.06 Å². The van der Waals surface area contributed by atoms with Crippen LogP contribution in [-0.2, 0) is 12.6 Å². The number of fused-ring (bicyclic) bond motifs is 1. The Morgan fingerprint density at radius 1 is 1.33 bits per heavy atom. The number of hydrogen-bond donors (Lipinski definition) is 0.